The van der Waals surface area contributed by atoms with Gasteiger partial charge >= 0.3 is 0 Å². The molecule has 0 bridgehead atoms. The van der Waals surface area contributed by atoms with Crippen molar-refractivity contribution in [3.8, 4) is 0 Å². The van der Waals surface area contributed by atoms with Gasteiger partial charge in [-0.3, -0.25) is 4.79 Å². The molecule has 1 aromatic heterocycles. The maximum Gasteiger partial charge on any atom is 0.270 e. The van der Waals surface area contributed by atoms with Crippen molar-refractivity contribution in [3.63, 3.8) is 0 Å². The van der Waals surface area contributed by atoms with Gasteiger partial charge in [0.25, 0.3) is 5.24 Å². The zero-order valence-corrected chi connectivity index (χ0v) is 6.10. The summed E-state index contributed by atoms with van der Waals surface area (Å²) in [5, 5.41) is -0.753. The van der Waals surface area contributed by atoms with E-state index in [0.717, 1.165) is 12.3 Å². The van der Waals surface area contributed by atoms with E-state index in [0.29, 0.717) is 0 Å². The molecule has 0 spiro atoms. The molecule has 0 aromatic carbocycles. The Labute approximate surface area is 67.0 Å². The molecular weight excluding hydrogens is 171 g/mol. The molecule has 0 saturated carbocycles. The van der Waals surface area contributed by atoms with E-state index in [1.165, 1.54) is 0 Å². The van der Waals surface area contributed by atoms with E-state index in [4.69, 9.17) is 17.3 Å². The first-order valence-corrected chi connectivity index (χ1v) is 3.10. The largest absolute Gasteiger partial charge is 0.396 e. The number of pyridine rings is 1. The lowest BCUT2D eigenvalue weighted by Gasteiger charge is -1.95. The highest BCUT2D eigenvalue weighted by Gasteiger charge is 2.05. The van der Waals surface area contributed by atoms with Crippen LogP contribution >= 0.6 is 11.6 Å². The van der Waals surface area contributed by atoms with Crippen molar-refractivity contribution in [2.75, 3.05) is 5.73 Å². The van der Waals surface area contributed by atoms with Crippen molar-refractivity contribution >= 4 is 22.5 Å². The number of nitrogen functional groups attached to an aromatic ring is 1. The second-order valence-corrected chi connectivity index (χ2v) is 2.21. The van der Waals surface area contributed by atoms with Gasteiger partial charge < -0.3 is 5.73 Å². The highest BCUT2D eigenvalue weighted by Crippen LogP contribution is 2.10. The lowest BCUT2D eigenvalue weighted by Crippen LogP contribution is -1.98. The number of aromatic nitrogens is 1. The van der Waals surface area contributed by atoms with Crippen molar-refractivity contribution in [3.05, 3.63) is 23.8 Å². The van der Waals surface area contributed by atoms with Crippen molar-refractivity contribution in [1.82, 2.24) is 4.98 Å². The van der Waals surface area contributed by atoms with E-state index in [-0.39, 0.29) is 11.4 Å². The van der Waals surface area contributed by atoms with E-state index in [1.807, 2.05) is 0 Å². The van der Waals surface area contributed by atoms with Crippen LogP contribution in [-0.4, -0.2) is 10.2 Å². The third-order valence-electron chi connectivity index (χ3n) is 1.09. The van der Waals surface area contributed by atoms with Crippen LogP contribution in [0.4, 0.5) is 10.1 Å². The van der Waals surface area contributed by atoms with Crippen molar-refractivity contribution in [2.45, 2.75) is 0 Å². The Morgan fingerprint density at radius 1 is 1.73 bits per heavy atom. The molecule has 1 rings (SSSR count). The predicted molar refractivity (Wildman–Crippen MR) is 38.8 cm³/mol. The summed E-state index contributed by atoms with van der Waals surface area (Å²) < 4.78 is 12.4. The first-order valence-electron chi connectivity index (χ1n) is 2.72. The average molecular weight is 175 g/mol. The van der Waals surface area contributed by atoms with Gasteiger partial charge in [0.15, 0.2) is 5.82 Å². The first kappa shape index (κ1) is 7.94. The Hall–Kier alpha value is -1.16. The zero-order chi connectivity index (χ0) is 8.43. The minimum atomic E-state index is -0.753. The summed E-state index contributed by atoms with van der Waals surface area (Å²) in [5.74, 6) is -0.660. The number of anilines is 1. The third kappa shape index (κ3) is 1.65. The lowest BCUT2D eigenvalue weighted by molar-refractivity contribution is 0.107. The van der Waals surface area contributed by atoms with Crippen molar-refractivity contribution < 1.29 is 9.18 Å². The third-order valence-corrected chi connectivity index (χ3v) is 1.28. The van der Waals surface area contributed by atoms with Crippen LogP contribution in [0.5, 0.6) is 0 Å². The Morgan fingerprint density at radius 2 is 2.36 bits per heavy atom. The van der Waals surface area contributed by atoms with Crippen LogP contribution in [0.3, 0.4) is 0 Å². The molecule has 2 N–H and O–H groups in total. The van der Waals surface area contributed by atoms with Crippen LogP contribution in [0.15, 0.2) is 12.3 Å². The second-order valence-electron chi connectivity index (χ2n) is 1.86. The van der Waals surface area contributed by atoms with Gasteiger partial charge in [-0.2, -0.15) is 0 Å². The molecular formula is C6H4ClFN2O. The summed E-state index contributed by atoms with van der Waals surface area (Å²) in [6, 6.07) is 1.09. The van der Waals surface area contributed by atoms with Crippen LogP contribution in [-0.2, 0) is 0 Å². The first-order chi connectivity index (χ1) is 5.11. The molecule has 58 valence electrons. The van der Waals surface area contributed by atoms with Gasteiger partial charge in [-0.15, -0.1) is 0 Å². The van der Waals surface area contributed by atoms with Crippen LogP contribution in [0.25, 0.3) is 0 Å². The normalized spacial score (nSPS) is 9.64. The molecule has 0 amide bonds. The lowest BCUT2D eigenvalue weighted by atomic mass is 10.3. The molecule has 0 radical (unpaired) electrons. The van der Waals surface area contributed by atoms with Crippen LogP contribution in [0, 0.1) is 5.82 Å². The predicted octanol–water partition coefficient (Wildman–Crippen LogP) is 1.18. The molecule has 5 heteroatoms. The molecule has 0 aliphatic carbocycles. The molecule has 0 atom stereocenters. The Kier molecular flexibility index (Phi) is 2.05. The summed E-state index contributed by atoms with van der Waals surface area (Å²) in [4.78, 5) is 13.8. The standard InChI is InChI=1S/C6H4ClFN2O/c7-6(11)5-1-4(9)3(8)2-10-5/h1-2H,(H2,9,10). The van der Waals surface area contributed by atoms with Gasteiger partial charge in [0, 0.05) is 0 Å². The van der Waals surface area contributed by atoms with Gasteiger partial charge in [0.05, 0.1) is 11.9 Å². The van der Waals surface area contributed by atoms with Crippen molar-refractivity contribution in [2.24, 2.45) is 0 Å². The number of halogens is 2. The number of hydrogen-bond donors (Lipinski definition) is 1. The minimum absolute atomic E-state index is 0.0504. The number of rotatable bonds is 1. The Balaban J connectivity index is 3.15. The Bertz CT molecular complexity index is 303. The number of nitrogens with two attached hydrogens (primary N) is 1. The Morgan fingerprint density at radius 3 is 2.82 bits per heavy atom. The second kappa shape index (κ2) is 2.84. The minimum Gasteiger partial charge on any atom is -0.396 e. The number of carbonyl (C=O) groups excluding carboxylic acids is 1. The monoisotopic (exact) mass is 174 g/mol. The molecule has 0 aliphatic heterocycles. The van der Waals surface area contributed by atoms with Gasteiger partial charge in [0.2, 0.25) is 0 Å². The van der Waals surface area contributed by atoms with Gasteiger partial charge in [-0.1, -0.05) is 0 Å². The topological polar surface area (TPSA) is 56.0 Å². The zero-order valence-electron chi connectivity index (χ0n) is 5.34. The van der Waals surface area contributed by atoms with Crippen LogP contribution in [0.2, 0.25) is 0 Å². The maximum atomic E-state index is 12.4. The van der Waals surface area contributed by atoms with E-state index >= 15 is 0 Å². The number of nitrogens with zero attached hydrogens (tertiary/aromatic N) is 1. The fourth-order valence-corrected chi connectivity index (χ4v) is 0.665. The number of carbonyl (C=O) groups is 1. The smallest absolute Gasteiger partial charge is 0.270 e. The molecule has 0 saturated heterocycles. The highest BCUT2D eigenvalue weighted by atomic mass is 35.5. The van der Waals surface area contributed by atoms with Gasteiger partial charge in [0.1, 0.15) is 5.69 Å². The van der Waals surface area contributed by atoms with Gasteiger partial charge in [-0.25, -0.2) is 9.37 Å². The summed E-state index contributed by atoms with van der Waals surface area (Å²) in [6.07, 6.45) is 0.852. The van der Waals surface area contributed by atoms with E-state index in [9.17, 15) is 9.18 Å². The van der Waals surface area contributed by atoms with Gasteiger partial charge in [-0.05, 0) is 17.7 Å². The fraction of sp³-hybridized carbons (Fsp3) is 0. The SMILES string of the molecule is Nc1cc(C(=O)Cl)ncc1F. The summed E-state index contributed by atoms with van der Waals surface area (Å²) >= 11 is 5.05. The van der Waals surface area contributed by atoms with E-state index in [2.05, 4.69) is 4.98 Å². The maximum absolute atomic E-state index is 12.4. The molecule has 1 heterocycles. The fourth-order valence-electron chi connectivity index (χ4n) is 0.562. The average Bonchev–Trinajstić information content (AvgIpc) is 1.94. The van der Waals surface area contributed by atoms with E-state index < -0.39 is 11.1 Å². The van der Waals surface area contributed by atoms with E-state index in [1.54, 1.807) is 0 Å². The highest BCUT2D eigenvalue weighted by molar-refractivity contribution is 6.67. The molecule has 11 heavy (non-hydrogen) atoms. The van der Waals surface area contributed by atoms with Crippen LogP contribution < -0.4 is 5.73 Å². The molecule has 0 fully saturated rings. The molecule has 0 unspecified atom stereocenters. The summed E-state index contributed by atoms with van der Waals surface area (Å²) in [6.45, 7) is 0. The quantitative estimate of drug-likeness (QED) is 0.651. The molecule has 3 nitrogen and oxygen atoms in total. The molecule has 1 aromatic rings. The summed E-state index contributed by atoms with van der Waals surface area (Å²) in [5.41, 5.74) is 4.95. The summed E-state index contributed by atoms with van der Waals surface area (Å²) in [7, 11) is 0. The van der Waals surface area contributed by atoms with Crippen LogP contribution in [0.1, 0.15) is 10.5 Å². The molecule has 0 aliphatic rings. The number of hydrogen-bond acceptors (Lipinski definition) is 3. The van der Waals surface area contributed by atoms with Crippen molar-refractivity contribution in [1.29, 1.82) is 0 Å².